The highest BCUT2D eigenvalue weighted by Crippen LogP contribution is 2.37. The van der Waals surface area contributed by atoms with Gasteiger partial charge in [-0.3, -0.25) is 14.6 Å². The van der Waals surface area contributed by atoms with Crippen molar-refractivity contribution >= 4 is 11.8 Å². The second-order valence-corrected chi connectivity index (χ2v) is 11.9. The monoisotopic (exact) mass is 554 g/mol. The first-order valence-electron chi connectivity index (χ1n) is 15.0. The molecule has 0 aliphatic carbocycles. The number of rotatable bonds is 13. The molecule has 1 aromatic heterocycles. The number of hydrogen-bond acceptors (Lipinski definition) is 6. The van der Waals surface area contributed by atoms with Gasteiger partial charge in [-0.05, 0) is 94.2 Å². The van der Waals surface area contributed by atoms with E-state index in [9.17, 15) is 14.3 Å². The maximum absolute atomic E-state index is 14.9. The van der Waals surface area contributed by atoms with Gasteiger partial charge < -0.3 is 15.2 Å². The topological polar surface area (TPSA) is 77.9 Å². The molecule has 2 aromatic rings. The van der Waals surface area contributed by atoms with E-state index in [1.807, 2.05) is 24.8 Å². The van der Waals surface area contributed by atoms with Crippen molar-refractivity contribution in [3.63, 3.8) is 0 Å². The minimum absolute atomic E-state index is 0.0326. The van der Waals surface area contributed by atoms with Crippen molar-refractivity contribution in [2.45, 2.75) is 96.7 Å². The quantitative estimate of drug-likeness (QED) is 0.293. The van der Waals surface area contributed by atoms with Gasteiger partial charge in [-0.25, -0.2) is 9.37 Å². The first-order chi connectivity index (χ1) is 19.2. The van der Waals surface area contributed by atoms with Crippen LogP contribution in [0.5, 0.6) is 5.75 Å². The van der Waals surface area contributed by atoms with Crippen LogP contribution >= 0.6 is 0 Å². The summed E-state index contributed by atoms with van der Waals surface area (Å²) in [4.78, 5) is 21.9. The molecule has 2 aliphatic rings. The largest absolute Gasteiger partial charge is 0.493 e. The molecule has 0 saturated carbocycles. The number of nitrogens with one attached hydrogen (secondary N) is 1. The Kier molecular flexibility index (Phi) is 10.4. The molecule has 8 heteroatoms. The van der Waals surface area contributed by atoms with Gasteiger partial charge in [0.1, 0.15) is 11.9 Å². The number of ether oxygens (including phenoxy) is 1. The molecule has 40 heavy (non-hydrogen) atoms. The number of aromatic nitrogens is 1. The number of methoxy groups -OCH3 is 1. The maximum Gasteiger partial charge on any atom is 0.325 e. The molecule has 0 amide bonds. The number of likely N-dealkylation sites (tertiary alicyclic amines) is 1. The summed E-state index contributed by atoms with van der Waals surface area (Å²) in [5.41, 5.74) is 3.67. The summed E-state index contributed by atoms with van der Waals surface area (Å²) in [6.07, 6.45) is 7.49. The van der Waals surface area contributed by atoms with E-state index in [-0.39, 0.29) is 17.7 Å². The molecule has 3 heterocycles. The number of halogens is 1. The van der Waals surface area contributed by atoms with Crippen molar-refractivity contribution in [1.29, 1.82) is 0 Å². The van der Waals surface area contributed by atoms with E-state index in [1.54, 1.807) is 0 Å². The smallest absolute Gasteiger partial charge is 0.325 e. The zero-order valence-electron chi connectivity index (χ0n) is 24.9. The fourth-order valence-electron chi connectivity index (χ4n) is 6.30. The SMILES string of the molecule is COc1c(F)cc(C(C)C)cc1[C@@H](C(=O)O)N1CC[C@@H](N(CCCCCc2ccc3c(n2)NCCC3)C(C)C)C1. The van der Waals surface area contributed by atoms with Gasteiger partial charge in [0.05, 0.1) is 7.11 Å². The number of fused-ring (bicyclic) bond motifs is 1. The van der Waals surface area contributed by atoms with Crippen molar-refractivity contribution in [1.82, 2.24) is 14.8 Å². The highest BCUT2D eigenvalue weighted by Gasteiger charge is 2.38. The predicted molar refractivity (Wildman–Crippen MR) is 158 cm³/mol. The van der Waals surface area contributed by atoms with Crippen LogP contribution in [-0.4, -0.2) is 71.2 Å². The van der Waals surface area contributed by atoms with Crippen LogP contribution in [0.1, 0.15) is 94.1 Å². The highest BCUT2D eigenvalue weighted by atomic mass is 19.1. The van der Waals surface area contributed by atoms with Gasteiger partial charge in [0, 0.05) is 43.0 Å². The predicted octanol–water partition coefficient (Wildman–Crippen LogP) is 6.03. The van der Waals surface area contributed by atoms with Crippen molar-refractivity contribution in [2.75, 3.05) is 38.6 Å². The summed E-state index contributed by atoms with van der Waals surface area (Å²) in [5.74, 6) is -0.296. The number of carboxylic acid groups (broad SMARTS) is 1. The summed E-state index contributed by atoms with van der Waals surface area (Å²) in [6.45, 7) is 11.7. The van der Waals surface area contributed by atoms with E-state index in [2.05, 4.69) is 36.2 Å². The van der Waals surface area contributed by atoms with Gasteiger partial charge in [0.15, 0.2) is 11.6 Å². The molecule has 2 atom stereocenters. The summed E-state index contributed by atoms with van der Waals surface area (Å²) in [6, 6.07) is 7.35. The molecule has 2 N–H and O–H groups in total. The second kappa shape index (κ2) is 13.8. The van der Waals surface area contributed by atoms with Crippen molar-refractivity contribution in [3.8, 4) is 5.75 Å². The van der Waals surface area contributed by atoms with Gasteiger partial charge in [0.2, 0.25) is 0 Å². The Morgan fingerprint density at radius 3 is 2.73 bits per heavy atom. The molecule has 0 unspecified atom stereocenters. The van der Waals surface area contributed by atoms with E-state index >= 15 is 0 Å². The third kappa shape index (κ3) is 7.13. The number of benzene rings is 1. The molecule has 0 radical (unpaired) electrons. The zero-order chi connectivity index (χ0) is 28.8. The van der Waals surface area contributed by atoms with Crippen LogP contribution in [0.15, 0.2) is 24.3 Å². The lowest BCUT2D eigenvalue weighted by molar-refractivity contribution is -0.143. The lowest BCUT2D eigenvalue weighted by Gasteiger charge is -2.33. The number of carbonyl (C=O) groups is 1. The Bertz CT molecular complexity index is 1160. The molecule has 1 saturated heterocycles. The lowest BCUT2D eigenvalue weighted by atomic mass is 9.95. The second-order valence-electron chi connectivity index (χ2n) is 11.9. The van der Waals surface area contributed by atoms with E-state index in [4.69, 9.17) is 9.72 Å². The number of anilines is 1. The number of aryl methyl sites for hydroxylation is 2. The Hall–Kier alpha value is -2.71. The summed E-state index contributed by atoms with van der Waals surface area (Å²) < 4.78 is 20.3. The highest BCUT2D eigenvalue weighted by molar-refractivity contribution is 5.77. The van der Waals surface area contributed by atoms with E-state index in [1.165, 1.54) is 25.2 Å². The van der Waals surface area contributed by atoms with Crippen LogP contribution < -0.4 is 10.1 Å². The fraction of sp³-hybridized carbons (Fsp3) is 0.625. The van der Waals surface area contributed by atoms with Crippen LogP contribution in [0.2, 0.25) is 0 Å². The Labute approximate surface area is 239 Å². The normalized spacial score (nSPS) is 18.3. The molecule has 1 aromatic carbocycles. The molecule has 2 aliphatic heterocycles. The average molecular weight is 555 g/mol. The number of unbranched alkanes of at least 4 members (excludes halogenated alkanes) is 2. The van der Waals surface area contributed by atoms with Gasteiger partial charge in [0.25, 0.3) is 0 Å². The summed E-state index contributed by atoms with van der Waals surface area (Å²) >= 11 is 0. The molecular formula is C32H47FN4O3. The minimum atomic E-state index is -0.971. The third-order valence-electron chi connectivity index (χ3n) is 8.49. The lowest BCUT2D eigenvalue weighted by Crippen LogP contribution is -2.43. The Balaban J connectivity index is 1.35. The average Bonchev–Trinajstić information content (AvgIpc) is 3.39. The van der Waals surface area contributed by atoms with Crippen molar-refractivity contribution in [2.24, 2.45) is 0 Å². The molecule has 0 spiro atoms. The van der Waals surface area contributed by atoms with E-state index < -0.39 is 17.8 Å². The van der Waals surface area contributed by atoms with Crippen molar-refractivity contribution in [3.05, 3.63) is 52.5 Å². The number of aliphatic carboxylic acids is 1. The standard InChI is InChI=1S/C32H47FN4O3/c1-21(2)24-18-27(30(40-5)28(33)19-24)29(32(38)39)36-17-14-26(20-36)37(22(3)4)16-8-6-7-11-25-13-12-23-10-9-15-34-31(23)35-25/h12-13,18-19,21-22,26,29H,6-11,14-17,20H2,1-5H3,(H,34,35)(H,38,39)/t26-,29+/m1/s1. The van der Waals surface area contributed by atoms with E-state index in [0.29, 0.717) is 24.7 Å². The maximum atomic E-state index is 14.9. The molecule has 1 fully saturated rings. The van der Waals surface area contributed by atoms with Crippen molar-refractivity contribution < 1.29 is 19.0 Å². The van der Waals surface area contributed by atoms with Crippen LogP contribution in [-0.2, 0) is 17.6 Å². The molecule has 7 nitrogen and oxygen atoms in total. The minimum Gasteiger partial charge on any atom is -0.493 e. The Morgan fingerprint density at radius 2 is 2.02 bits per heavy atom. The van der Waals surface area contributed by atoms with Gasteiger partial charge in [-0.2, -0.15) is 0 Å². The van der Waals surface area contributed by atoms with Gasteiger partial charge in [-0.1, -0.05) is 26.3 Å². The number of pyridine rings is 1. The molecular weight excluding hydrogens is 507 g/mol. The van der Waals surface area contributed by atoms with Crippen LogP contribution in [0.3, 0.4) is 0 Å². The first kappa shape index (κ1) is 30.3. The van der Waals surface area contributed by atoms with Gasteiger partial charge >= 0.3 is 5.97 Å². The van der Waals surface area contributed by atoms with Crippen LogP contribution in [0.4, 0.5) is 10.2 Å². The molecule has 0 bridgehead atoms. The molecule has 4 rings (SSSR count). The molecule has 220 valence electrons. The third-order valence-corrected chi connectivity index (χ3v) is 8.49. The first-order valence-corrected chi connectivity index (χ1v) is 15.0. The van der Waals surface area contributed by atoms with Crippen LogP contribution in [0.25, 0.3) is 0 Å². The van der Waals surface area contributed by atoms with Crippen LogP contribution in [0, 0.1) is 5.82 Å². The summed E-state index contributed by atoms with van der Waals surface area (Å²) in [5, 5.41) is 13.7. The van der Waals surface area contributed by atoms with E-state index in [0.717, 1.165) is 68.7 Å². The zero-order valence-corrected chi connectivity index (χ0v) is 24.9. The van der Waals surface area contributed by atoms with Gasteiger partial charge in [-0.15, -0.1) is 0 Å². The summed E-state index contributed by atoms with van der Waals surface area (Å²) in [7, 11) is 1.40. The Morgan fingerprint density at radius 1 is 1.23 bits per heavy atom. The number of hydrogen-bond donors (Lipinski definition) is 2. The number of nitrogens with zero attached hydrogens (tertiary/aromatic N) is 3. The fourth-order valence-corrected chi connectivity index (χ4v) is 6.30. The number of carboxylic acids is 1.